The molecular weight excluding hydrogens is 422 g/mol. The van der Waals surface area contributed by atoms with Crippen molar-refractivity contribution in [3.05, 3.63) is 84.2 Å². The highest BCUT2D eigenvalue weighted by molar-refractivity contribution is 7.99. The molecule has 0 aliphatic rings. The van der Waals surface area contributed by atoms with Gasteiger partial charge in [-0.1, -0.05) is 35.5 Å². The summed E-state index contributed by atoms with van der Waals surface area (Å²) in [5, 5.41) is 12.3. The second-order valence-electron chi connectivity index (χ2n) is 7.09. The normalized spacial score (nSPS) is 10.7. The van der Waals surface area contributed by atoms with E-state index in [1.54, 1.807) is 13.3 Å². The van der Waals surface area contributed by atoms with Gasteiger partial charge < -0.3 is 10.1 Å². The Balaban J connectivity index is 1.55. The van der Waals surface area contributed by atoms with Gasteiger partial charge in [0.05, 0.1) is 25.1 Å². The highest BCUT2D eigenvalue weighted by Crippen LogP contribution is 2.29. The van der Waals surface area contributed by atoms with Crippen LogP contribution in [0.3, 0.4) is 0 Å². The molecule has 2 aromatic heterocycles. The molecule has 2 heterocycles. The van der Waals surface area contributed by atoms with Crippen LogP contribution in [0, 0.1) is 6.92 Å². The van der Waals surface area contributed by atoms with Crippen molar-refractivity contribution < 1.29 is 9.53 Å². The fourth-order valence-corrected chi connectivity index (χ4v) is 3.87. The maximum atomic E-state index is 12.4. The Morgan fingerprint density at radius 1 is 1.03 bits per heavy atom. The van der Waals surface area contributed by atoms with Crippen LogP contribution in [0.1, 0.15) is 11.3 Å². The first-order valence-corrected chi connectivity index (χ1v) is 11.1. The first-order valence-electron chi connectivity index (χ1n) is 10.1. The molecule has 0 aliphatic carbocycles. The Morgan fingerprint density at radius 3 is 2.50 bits per heavy atom. The number of hydrogen-bond donors (Lipinski definition) is 1. The van der Waals surface area contributed by atoms with E-state index in [0.29, 0.717) is 17.5 Å². The van der Waals surface area contributed by atoms with Crippen LogP contribution in [0.25, 0.3) is 17.1 Å². The number of benzene rings is 2. The fourth-order valence-electron chi connectivity index (χ4n) is 3.09. The summed E-state index contributed by atoms with van der Waals surface area (Å²) in [5.74, 6) is 1.60. The third kappa shape index (κ3) is 5.15. The number of aromatic nitrogens is 4. The second kappa shape index (κ2) is 10.1. The van der Waals surface area contributed by atoms with E-state index >= 15 is 0 Å². The number of hydrogen-bond acceptors (Lipinski definition) is 6. The summed E-state index contributed by atoms with van der Waals surface area (Å²) in [4.78, 5) is 16.6. The molecular formula is C24H23N5O2S. The zero-order valence-corrected chi connectivity index (χ0v) is 18.7. The van der Waals surface area contributed by atoms with Gasteiger partial charge >= 0.3 is 0 Å². The summed E-state index contributed by atoms with van der Waals surface area (Å²) in [6.07, 6.45) is 1.71. The second-order valence-corrected chi connectivity index (χ2v) is 8.03. The molecule has 0 spiro atoms. The molecule has 7 nitrogen and oxygen atoms in total. The molecule has 4 rings (SSSR count). The van der Waals surface area contributed by atoms with E-state index in [2.05, 4.69) is 20.5 Å². The number of carbonyl (C=O) groups excluding carboxylic acids is 1. The molecule has 0 atom stereocenters. The molecule has 1 N–H and O–H groups in total. The molecule has 0 unspecified atom stereocenters. The largest absolute Gasteiger partial charge is 0.497 e. The molecule has 32 heavy (non-hydrogen) atoms. The van der Waals surface area contributed by atoms with Crippen LogP contribution in [0.15, 0.2) is 78.1 Å². The van der Waals surface area contributed by atoms with E-state index in [4.69, 9.17) is 4.74 Å². The van der Waals surface area contributed by atoms with Gasteiger partial charge in [0.1, 0.15) is 5.75 Å². The van der Waals surface area contributed by atoms with Gasteiger partial charge in [0.15, 0.2) is 11.0 Å². The van der Waals surface area contributed by atoms with Crippen molar-refractivity contribution in [2.45, 2.75) is 18.6 Å². The van der Waals surface area contributed by atoms with Gasteiger partial charge in [-0.05, 0) is 55.5 Å². The minimum absolute atomic E-state index is 0.0925. The van der Waals surface area contributed by atoms with Gasteiger partial charge in [-0.25, -0.2) is 0 Å². The number of amides is 1. The summed E-state index contributed by atoms with van der Waals surface area (Å²) in [7, 11) is 1.64. The van der Waals surface area contributed by atoms with Gasteiger partial charge in [-0.2, -0.15) is 0 Å². The summed E-state index contributed by atoms with van der Waals surface area (Å²) in [6.45, 7) is 2.43. The third-order valence-corrected chi connectivity index (χ3v) is 5.73. The topological polar surface area (TPSA) is 81.9 Å². The van der Waals surface area contributed by atoms with Crippen LogP contribution in [-0.2, 0) is 11.3 Å². The van der Waals surface area contributed by atoms with Crippen LogP contribution in [0.5, 0.6) is 5.75 Å². The SMILES string of the molecule is COc1ccc(-c2nnc(SCC(=O)NCc3ccccn3)n2-c2ccc(C)cc2)cc1. The van der Waals surface area contributed by atoms with E-state index in [-0.39, 0.29) is 11.7 Å². The van der Waals surface area contributed by atoms with Crippen molar-refractivity contribution in [1.82, 2.24) is 25.1 Å². The van der Waals surface area contributed by atoms with Crippen LogP contribution in [0.4, 0.5) is 0 Å². The maximum absolute atomic E-state index is 12.4. The number of pyridine rings is 1. The van der Waals surface area contributed by atoms with Gasteiger partial charge in [-0.3, -0.25) is 14.3 Å². The quantitative estimate of drug-likeness (QED) is 0.412. The Morgan fingerprint density at radius 2 is 1.81 bits per heavy atom. The number of thioether (sulfide) groups is 1. The van der Waals surface area contributed by atoms with E-state index < -0.39 is 0 Å². The maximum Gasteiger partial charge on any atom is 0.230 e. The van der Waals surface area contributed by atoms with Crippen molar-refractivity contribution in [3.8, 4) is 22.8 Å². The first kappa shape index (κ1) is 21.6. The van der Waals surface area contributed by atoms with E-state index in [1.807, 2.05) is 78.2 Å². The Bertz CT molecular complexity index is 1180. The minimum Gasteiger partial charge on any atom is -0.497 e. The molecule has 0 aliphatic heterocycles. The Kier molecular flexibility index (Phi) is 6.81. The molecule has 0 fully saturated rings. The highest BCUT2D eigenvalue weighted by Gasteiger charge is 2.17. The van der Waals surface area contributed by atoms with Crippen molar-refractivity contribution in [3.63, 3.8) is 0 Å². The zero-order chi connectivity index (χ0) is 22.3. The molecule has 2 aromatic carbocycles. The first-order chi connectivity index (χ1) is 15.6. The predicted molar refractivity (Wildman–Crippen MR) is 125 cm³/mol. The fraction of sp³-hybridized carbons (Fsp3) is 0.167. The number of methoxy groups -OCH3 is 1. The lowest BCUT2D eigenvalue weighted by Crippen LogP contribution is -2.25. The monoisotopic (exact) mass is 445 g/mol. The lowest BCUT2D eigenvalue weighted by molar-refractivity contribution is -0.118. The predicted octanol–water partition coefficient (Wildman–Crippen LogP) is 4.05. The number of nitrogens with one attached hydrogen (secondary N) is 1. The van der Waals surface area contributed by atoms with Gasteiger partial charge in [0.2, 0.25) is 5.91 Å². The number of carbonyl (C=O) groups is 1. The molecule has 4 aromatic rings. The van der Waals surface area contributed by atoms with Crippen molar-refractivity contribution >= 4 is 17.7 Å². The Hall–Kier alpha value is -3.65. The summed E-state index contributed by atoms with van der Waals surface area (Å²) in [6, 6.07) is 21.4. The van der Waals surface area contributed by atoms with Crippen molar-refractivity contribution in [1.29, 1.82) is 0 Å². The standard InChI is InChI=1S/C24H23N5O2S/c1-17-6-10-20(11-7-17)29-23(18-8-12-21(31-2)13-9-18)27-28-24(29)32-16-22(30)26-15-19-5-3-4-14-25-19/h3-14H,15-16H2,1-2H3,(H,26,30). The molecule has 8 heteroatoms. The molecule has 0 saturated carbocycles. The average molecular weight is 446 g/mol. The zero-order valence-electron chi connectivity index (χ0n) is 17.9. The molecule has 1 amide bonds. The van der Waals surface area contributed by atoms with E-state index in [1.165, 1.54) is 11.8 Å². The van der Waals surface area contributed by atoms with E-state index in [9.17, 15) is 4.79 Å². The average Bonchev–Trinajstić information content (AvgIpc) is 3.26. The van der Waals surface area contributed by atoms with Gasteiger partial charge in [0, 0.05) is 17.4 Å². The minimum atomic E-state index is -0.0925. The molecule has 0 bridgehead atoms. The van der Waals surface area contributed by atoms with Crippen LogP contribution in [-0.4, -0.2) is 38.5 Å². The van der Waals surface area contributed by atoms with E-state index in [0.717, 1.165) is 28.3 Å². The number of rotatable bonds is 8. The van der Waals surface area contributed by atoms with Crippen LogP contribution in [0.2, 0.25) is 0 Å². The smallest absolute Gasteiger partial charge is 0.230 e. The van der Waals surface area contributed by atoms with Gasteiger partial charge in [0.25, 0.3) is 0 Å². The lowest BCUT2D eigenvalue weighted by atomic mass is 10.2. The third-order valence-electron chi connectivity index (χ3n) is 4.80. The summed E-state index contributed by atoms with van der Waals surface area (Å²) >= 11 is 1.34. The molecule has 0 saturated heterocycles. The van der Waals surface area contributed by atoms with Crippen LogP contribution < -0.4 is 10.1 Å². The number of ether oxygens (including phenoxy) is 1. The van der Waals surface area contributed by atoms with Crippen LogP contribution >= 0.6 is 11.8 Å². The van der Waals surface area contributed by atoms with Crippen molar-refractivity contribution in [2.24, 2.45) is 0 Å². The lowest BCUT2D eigenvalue weighted by Gasteiger charge is -2.11. The van der Waals surface area contributed by atoms with Gasteiger partial charge in [-0.15, -0.1) is 10.2 Å². The molecule has 162 valence electrons. The summed E-state index contributed by atoms with van der Waals surface area (Å²) in [5.41, 5.74) is 3.82. The molecule has 0 radical (unpaired) electrons. The highest BCUT2D eigenvalue weighted by atomic mass is 32.2. The Labute approximate surface area is 190 Å². The van der Waals surface area contributed by atoms with Crippen molar-refractivity contribution in [2.75, 3.05) is 12.9 Å². The number of aryl methyl sites for hydroxylation is 1. The number of nitrogens with zero attached hydrogens (tertiary/aromatic N) is 4. The summed E-state index contributed by atoms with van der Waals surface area (Å²) < 4.78 is 7.23.